The number of allylic oxidation sites excluding steroid dienone is 1. The number of rotatable bonds is 2. The van der Waals surface area contributed by atoms with Gasteiger partial charge in [0, 0.05) is 11.3 Å². The minimum atomic E-state index is -1.04. The van der Waals surface area contributed by atoms with Crippen LogP contribution in [-0.4, -0.2) is 44.7 Å². The summed E-state index contributed by atoms with van der Waals surface area (Å²) in [5, 5.41) is 43.8. The molecule has 5 rings (SSSR count). The fraction of sp³-hybridized carbons (Fsp3) is 0.900. The smallest absolute Gasteiger partial charge is 0.310 e. The van der Waals surface area contributed by atoms with E-state index >= 15 is 0 Å². The average Bonchev–Trinajstić information content (AvgIpc) is 2.79. The van der Waals surface area contributed by atoms with Crippen molar-refractivity contribution in [3.05, 3.63) is 11.6 Å². The van der Waals surface area contributed by atoms with E-state index in [1.54, 1.807) is 0 Å². The van der Waals surface area contributed by atoms with E-state index in [0.717, 1.165) is 44.9 Å². The summed E-state index contributed by atoms with van der Waals surface area (Å²) >= 11 is 0. The van der Waals surface area contributed by atoms with Crippen LogP contribution in [0.1, 0.15) is 99.3 Å². The first-order valence-corrected chi connectivity index (χ1v) is 14.1. The number of hydrogen-bond acceptors (Lipinski definition) is 4. The van der Waals surface area contributed by atoms with Crippen LogP contribution < -0.4 is 0 Å². The SMILES string of the molecule is C[C@@H]1CC[C@]2(C(=O)O)CC[C@]3(C)C(=CC[C@@H]4[C@@]5(C)CC[C@@H](O)[C@@](C)(CO)[C@@H]5CC[C@]43C)[C@@H]2[C@]1(C)O. The molecule has 5 nitrogen and oxygen atoms in total. The second-order valence-corrected chi connectivity index (χ2v) is 14.6. The number of fused-ring (bicyclic) bond motifs is 7. The molecule has 0 spiro atoms. The largest absolute Gasteiger partial charge is 0.481 e. The molecule has 5 heteroatoms. The molecule has 4 N–H and O–H groups in total. The molecule has 0 heterocycles. The van der Waals surface area contributed by atoms with Crippen LogP contribution in [0.15, 0.2) is 11.6 Å². The maximum atomic E-state index is 12.8. The molecule has 0 aromatic carbocycles. The van der Waals surface area contributed by atoms with Crippen LogP contribution in [0.25, 0.3) is 0 Å². The Morgan fingerprint density at radius 3 is 2.29 bits per heavy atom. The van der Waals surface area contributed by atoms with Crippen molar-refractivity contribution < 1.29 is 25.2 Å². The molecule has 5 aliphatic carbocycles. The lowest BCUT2D eigenvalue weighted by Gasteiger charge is -2.71. The molecule has 0 unspecified atom stereocenters. The topological polar surface area (TPSA) is 98.0 Å². The lowest BCUT2D eigenvalue weighted by atomic mass is 9.33. The van der Waals surface area contributed by atoms with Crippen molar-refractivity contribution in [3.63, 3.8) is 0 Å². The van der Waals surface area contributed by atoms with Crippen LogP contribution in [0.5, 0.6) is 0 Å². The van der Waals surface area contributed by atoms with E-state index in [4.69, 9.17) is 0 Å². The van der Waals surface area contributed by atoms with E-state index in [1.165, 1.54) is 5.57 Å². The van der Waals surface area contributed by atoms with Gasteiger partial charge in [0.1, 0.15) is 0 Å². The highest BCUT2D eigenvalue weighted by atomic mass is 16.4. The summed E-state index contributed by atoms with van der Waals surface area (Å²) in [4.78, 5) is 12.8. The number of carboxylic acids is 1. The summed E-state index contributed by atoms with van der Waals surface area (Å²) in [6.07, 6.45) is 9.32. The van der Waals surface area contributed by atoms with Crippen molar-refractivity contribution in [2.75, 3.05) is 6.61 Å². The molecule has 0 aliphatic heterocycles. The monoisotopic (exact) mass is 488 g/mol. The van der Waals surface area contributed by atoms with E-state index in [-0.39, 0.29) is 40.6 Å². The molecular weight excluding hydrogens is 440 g/mol. The van der Waals surface area contributed by atoms with Crippen molar-refractivity contribution >= 4 is 5.97 Å². The Kier molecular flexibility index (Phi) is 5.56. The van der Waals surface area contributed by atoms with Crippen LogP contribution in [0.3, 0.4) is 0 Å². The summed E-state index contributed by atoms with van der Waals surface area (Å²) in [5.41, 5.74) is -1.35. The predicted molar refractivity (Wildman–Crippen MR) is 135 cm³/mol. The lowest BCUT2D eigenvalue weighted by molar-refractivity contribution is -0.225. The minimum absolute atomic E-state index is 0.0115. The Hall–Kier alpha value is -0.910. The molecule has 0 bridgehead atoms. The Morgan fingerprint density at radius 1 is 0.971 bits per heavy atom. The molecular formula is C30H48O5. The van der Waals surface area contributed by atoms with Gasteiger partial charge in [0.25, 0.3) is 0 Å². The molecule has 0 amide bonds. The first-order valence-electron chi connectivity index (χ1n) is 14.1. The van der Waals surface area contributed by atoms with Crippen LogP contribution in [0, 0.1) is 50.7 Å². The van der Waals surface area contributed by atoms with Crippen molar-refractivity contribution in [3.8, 4) is 0 Å². The highest BCUT2D eigenvalue weighted by Crippen LogP contribution is 2.76. The van der Waals surface area contributed by atoms with E-state index in [0.29, 0.717) is 18.8 Å². The average molecular weight is 489 g/mol. The maximum Gasteiger partial charge on any atom is 0.310 e. The van der Waals surface area contributed by atoms with Gasteiger partial charge in [-0.3, -0.25) is 4.79 Å². The van der Waals surface area contributed by atoms with Gasteiger partial charge >= 0.3 is 5.97 Å². The summed E-state index contributed by atoms with van der Waals surface area (Å²) < 4.78 is 0. The van der Waals surface area contributed by atoms with E-state index < -0.39 is 28.5 Å². The number of aliphatic hydroxyl groups is 3. The van der Waals surface area contributed by atoms with E-state index in [9.17, 15) is 25.2 Å². The summed E-state index contributed by atoms with van der Waals surface area (Å²) in [7, 11) is 0. The van der Waals surface area contributed by atoms with Gasteiger partial charge in [-0.25, -0.2) is 0 Å². The number of carboxylic acid groups (broad SMARTS) is 1. The zero-order valence-electron chi connectivity index (χ0n) is 22.7. The number of carbonyl (C=O) groups is 1. The highest BCUT2D eigenvalue weighted by molar-refractivity contribution is 5.77. The van der Waals surface area contributed by atoms with Crippen LogP contribution in [-0.2, 0) is 4.79 Å². The third-order valence-corrected chi connectivity index (χ3v) is 13.6. The van der Waals surface area contributed by atoms with Crippen molar-refractivity contribution in [2.24, 2.45) is 50.7 Å². The lowest BCUT2D eigenvalue weighted by Crippen LogP contribution is -2.68. The fourth-order valence-electron chi connectivity index (χ4n) is 10.9. The first kappa shape index (κ1) is 25.7. The number of aliphatic hydroxyl groups excluding tert-OH is 2. The van der Waals surface area contributed by atoms with Gasteiger partial charge < -0.3 is 20.4 Å². The maximum absolute atomic E-state index is 12.8. The van der Waals surface area contributed by atoms with E-state index in [1.807, 2.05) is 6.92 Å². The molecule has 0 radical (unpaired) electrons. The normalized spacial score (nSPS) is 57.7. The highest BCUT2D eigenvalue weighted by Gasteiger charge is 2.71. The van der Waals surface area contributed by atoms with Gasteiger partial charge in [0.05, 0.1) is 23.7 Å². The van der Waals surface area contributed by atoms with E-state index in [2.05, 4.69) is 40.7 Å². The Morgan fingerprint density at radius 2 is 1.66 bits per heavy atom. The molecule has 4 fully saturated rings. The Labute approximate surface area is 211 Å². The molecule has 35 heavy (non-hydrogen) atoms. The van der Waals surface area contributed by atoms with Gasteiger partial charge in [-0.1, -0.05) is 46.3 Å². The van der Waals surface area contributed by atoms with Crippen molar-refractivity contribution in [2.45, 2.75) is 111 Å². The number of hydrogen-bond donors (Lipinski definition) is 4. The van der Waals surface area contributed by atoms with Gasteiger partial charge in [-0.15, -0.1) is 0 Å². The minimum Gasteiger partial charge on any atom is -0.481 e. The standard InChI is InChI=1S/C30H48O5/c1-18-9-14-30(24(33)34)16-15-27(4)19(23(30)29(18,6)35)7-8-21-25(2)12-11-22(32)26(3,17-31)20(25)10-13-28(21,27)5/h7,18,20-23,31-32,35H,8-17H2,1-6H3,(H,33,34)/t18-,20-,21-,22-,23-,25+,26+,27-,28-,29-,30+/m1/s1. The molecule has 198 valence electrons. The second-order valence-electron chi connectivity index (χ2n) is 14.6. The summed E-state index contributed by atoms with van der Waals surface area (Å²) in [6.45, 7) is 13.3. The quantitative estimate of drug-likeness (QED) is 0.402. The van der Waals surface area contributed by atoms with Gasteiger partial charge in [-0.2, -0.15) is 0 Å². The first-order chi connectivity index (χ1) is 16.1. The number of aliphatic carboxylic acids is 1. The van der Waals surface area contributed by atoms with Gasteiger partial charge in [0.2, 0.25) is 0 Å². The van der Waals surface area contributed by atoms with Crippen molar-refractivity contribution in [1.29, 1.82) is 0 Å². The van der Waals surface area contributed by atoms with Crippen LogP contribution in [0.4, 0.5) is 0 Å². The summed E-state index contributed by atoms with van der Waals surface area (Å²) in [6, 6.07) is 0. The molecule has 0 aromatic heterocycles. The third kappa shape index (κ3) is 2.90. The Balaban J connectivity index is 1.64. The zero-order valence-corrected chi connectivity index (χ0v) is 22.7. The van der Waals surface area contributed by atoms with Crippen LogP contribution >= 0.6 is 0 Å². The molecule has 5 aliphatic rings. The van der Waals surface area contributed by atoms with Crippen molar-refractivity contribution in [1.82, 2.24) is 0 Å². The van der Waals surface area contributed by atoms with Crippen LogP contribution in [0.2, 0.25) is 0 Å². The zero-order chi connectivity index (χ0) is 25.8. The molecule has 4 saturated carbocycles. The molecule has 0 saturated heterocycles. The predicted octanol–water partition coefficient (Wildman–Crippen LogP) is 5.18. The summed E-state index contributed by atoms with van der Waals surface area (Å²) in [5.74, 6) is -0.356. The van der Waals surface area contributed by atoms with Gasteiger partial charge in [0.15, 0.2) is 0 Å². The third-order valence-electron chi connectivity index (χ3n) is 13.6. The molecule has 11 atom stereocenters. The fourth-order valence-corrected chi connectivity index (χ4v) is 10.9. The van der Waals surface area contributed by atoms with Gasteiger partial charge in [-0.05, 0) is 98.7 Å². The molecule has 0 aromatic rings. The second kappa shape index (κ2) is 7.57. The Bertz CT molecular complexity index is 941.